The highest BCUT2D eigenvalue weighted by atomic mass is 31.3. The van der Waals surface area contributed by atoms with Crippen LogP contribution in [-0.2, 0) is 51.1 Å². The zero-order chi connectivity index (χ0) is 55.1. The number of cyclic esters (lactones) is 1. The highest BCUT2D eigenvalue weighted by molar-refractivity contribution is 7.61. The highest BCUT2D eigenvalue weighted by Crippen LogP contribution is 2.60. The zero-order valence-electron chi connectivity index (χ0n) is 43.5. The van der Waals surface area contributed by atoms with Crippen molar-refractivity contribution in [1.82, 2.24) is 9.55 Å². The number of aliphatic hydroxyl groups is 4. The number of ether oxygens (including phenoxy) is 3. The maximum absolute atomic E-state index is 14.0. The summed E-state index contributed by atoms with van der Waals surface area (Å²) >= 11 is 0. The van der Waals surface area contributed by atoms with E-state index in [1.54, 1.807) is 0 Å². The van der Waals surface area contributed by atoms with Crippen LogP contribution in [0, 0.1) is 11.8 Å². The molecule has 2 aliphatic rings. The largest absolute Gasteiger partial charge is 0.481 e. The van der Waals surface area contributed by atoms with Gasteiger partial charge in [0.25, 0.3) is 0 Å². The molecule has 2 unspecified atom stereocenters. The minimum Gasteiger partial charge on any atom is -0.462 e. The van der Waals surface area contributed by atoms with Gasteiger partial charge in [-0.1, -0.05) is 126 Å². The molecule has 424 valence electrons. The summed E-state index contributed by atoms with van der Waals surface area (Å²) in [6, 6.07) is 1.24. The molecule has 21 nitrogen and oxygen atoms in total. The SMILES string of the molecule is CCCCC/C=C\C/C=C\C/C=C\C/C=C\CCCC(=O)O[C@@H]1COC(=O)CCCCCC[C@@H]2[C@H](n3ccc(N)nc3=O)O[C@H](COP(=O)(O)OP(=O)(O)OC1)[C@@H](O)[C@@H](O)[C@@H](/C=C/[C@@H](O)CCCCC)C(=O)C[C@@H]2O. The minimum atomic E-state index is -5.73. The second-order valence-corrected chi connectivity index (χ2v) is 21.8. The van der Waals surface area contributed by atoms with Crippen molar-refractivity contribution in [3.05, 3.63) is 83.5 Å². The monoisotopic (exact) mass is 1100 g/mol. The number of carbonyl (C=O) groups excluding carboxylic acids is 3. The summed E-state index contributed by atoms with van der Waals surface area (Å²) in [6.45, 7) is 1.39. The fraction of sp³-hybridized carbons (Fsp3) is 0.673. The molecule has 3 rings (SSSR count). The third kappa shape index (κ3) is 26.8. The van der Waals surface area contributed by atoms with Gasteiger partial charge in [0, 0.05) is 31.4 Å². The van der Waals surface area contributed by atoms with Crippen LogP contribution in [0.5, 0.6) is 0 Å². The van der Waals surface area contributed by atoms with Gasteiger partial charge in [0.05, 0.1) is 37.4 Å². The highest BCUT2D eigenvalue weighted by Gasteiger charge is 2.45. The van der Waals surface area contributed by atoms with Gasteiger partial charge in [-0.3, -0.25) is 28.0 Å². The van der Waals surface area contributed by atoms with Gasteiger partial charge in [0.2, 0.25) is 0 Å². The van der Waals surface area contributed by atoms with Crippen LogP contribution >= 0.6 is 15.6 Å². The molecule has 23 heteroatoms. The lowest BCUT2D eigenvalue weighted by atomic mass is 9.83. The van der Waals surface area contributed by atoms with Crippen molar-refractivity contribution in [3.8, 4) is 0 Å². The lowest BCUT2D eigenvalue weighted by Crippen LogP contribution is -2.51. The number of nitrogen functional groups attached to an aromatic ring is 1. The van der Waals surface area contributed by atoms with E-state index < -0.39 is 120 Å². The molecule has 2 fully saturated rings. The first-order chi connectivity index (χ1) is 35.9. The number of anilines is 1. The van der Waals surface area contributed by atoms with E-state index in [1.165, 1.54) is 43.7 Å². The molecule has 0 amide bonds. The van der Waals surface area contributed by atoms with E-state index in [-0.39, 0.29) is 25.1 Å². The number of fused-ring (bicyclic) bond motifs is 3. The number of allylic oxidation sites excluding steroid dienone is 8. The van der Waals surface area contributed by atoms with Crippen molar-refractivity contribution >= 4 is 39.2 Å². The molecule has 75 heavy (non-hydrogen) atoms. The maximum atomic E-state index is 14.0. The molecule has 11 atom stereocenters. The van der Waals surface area contributed by atoms with Crippen LogP contribution in [0.4, 0.5) is 5.82 Å². The molecule has 0 aromatic carbocycles. The molecule has 8 N–H and O–H groups in total. The Morgan fingerprint density at radius 3 is 2.09 bits per heavy atom. The molecule has 0 spiro atoms. The number of hydrogen-bond donors (Lipinski definition) is 7. The Labute approximate surface area is 441 Å². The fourth-order valence-electron chi connectivity index (χ4n) is 8.27. The van der Waals surface area contributed by atoms with Crippen LogP contribution in [0.3, 0.4) is 0 Å². The van der Waals surface area contributed by atoms with Crippen molar-refractivity contribution in [3.63, 3.8) is 0 Å². The van der Waals surface area contributed by atoms with E-state index in [4.69, 9.17) is 29.0 Å². The molecule has 1 aromatic rings. The van der Waals surface area contributed by atoms with Gasteiger partial charge < -0.3 is 50.2 Å². The zero-order valence-corrected chi connectivity index (χ0v) is 45.3. The summed E-state index contributed by atoms with van der Waals surface area (Å²) in [5, 5.41) is 45.8. The van der Waals surface area contributed by atoms with Crippen molar-refractivity contribution in [1.29, 1.82) is 0 Å². The first-order valence-electron chi connectivity index (χ1n) is 26.4. The van der Waals surface area contributed by atoms with Crippen molar-refractivity contribution in [2.45, 2.75) is 192 Å². The van der Waals surface area contributed by atoms with Gasteiger partial charge in [0.1, 0.15) is 36.6 Å². The van der Waals surface area contributed by atoms with Gasteiger partial charge in [-0.2, -0.15) is 9.29 Å². The summed E-state index contributed by atoms with van der Waals surface area (Å²) in [6.07, 6.45) is 20.0. The molecular formula is C52H83N3O18P2. The number of aliphatic hydroxyl groups excluding tert-OH is 4. The maximum Gasteiger partial charge on any atom is 0.481 e. The lowest BCUT2D eigenvalue weighted by molar-refractivity contribution is -0.188. The number of ketones is 1. The summed E-state index contributed by atoms with van der Waals surface area (Å²) in [7, 11) is -11.3. The Balaban J connectivity index is 1.79. The second-order valence-electron chi connectivity index (χ2n) is 18.8. The van der Waals surface area contributed by atoms with E-state index in [0.717, 1.165) is 36.7 Å². The third-order valence-corrected chi connectivity index (χ3v) is 15.1. The lowest BCUT2D eigenvalue weighted by Gasteiger charge is -2.39. The van der Waals surface area contributed by atoms with Gasteiger partial charge >= 0.3 is 33.3 Å². The number of Topliss-reactive ketones (excluding diaryl/α,β-unsaturated/α-hetero) is 1. The Morgan fingerprint density at radius 1 is 0.827 bits per heavy atom. The molecule has 3 heterocycles. The Morgan fingerprint density at radius 2 is 1.44 bits per heavy atom. The number of nitrogens with zero attached hydrogens (tertiary/aromatic N) is 2. The smallest absolute Gasteiger partial charge is 0.462 e. The van der Waals surface area contributed by atoms with E-state index in [9.17, 15) is 58.5 Å². The predicted molar refractivity (Wildman–Crippen MR) is 280 cm³/mol. The molecule has 2 saturated heterocycles. The average Bonchev–Trinajstić information content (AvgIpc) is 3.35. The first kappa shape index (κ1) is 65.3. The number of unbranched alkanes of at least 4 members (excludes halogenated alkanes) is 6. The number of carbonyl (C=O) groups is 3. The van der Waals surface area contributed by atoms with E-state index in [2.05, 4.69) is 46.6 Å². The van der Waals surface area contributed by atoms with Gasteiger partial charge in [-0.15, -0.1) is 0 Å². The topological polar surface area (TPSA) is 323 Å². The minimum absolute atomic E-state index is 0.0481. The van der Waals surface area contributed by atoms with Crippen molar-refractivity contribution in [2.75, 3.05) is 25.6 Å². The molecule has 1 aromatic heterocycles. The number of phosphoric ester groups is 2. The molecular weight excluding hydrogens is 1020 g/mol. The number of hydrogen-bond acceptors (Lipinski definition) is 18. The van der Waals surface area contributed by atoms with Crippen LogP contribution < -0.4 is 11.4 Å². The Hall–Kier alpha value is -3.95. The number of esters is 2. The van der Waals surface area contributed by atoms with Gasteiger partial charge in [0.15, 0.2) is 6.10 Å². The van der Waals surface area contributed by atoms with Crippen molar-refractivity contribution < 1.29 is 81.3 Å². The Bertz CT molecular complexity index is 2170. The fourth-order valence-corrected chi connectivity index (χ4v) is 10.4. The molecule has 2 bridgehead atoms. The molecule has 2 aliphatic heterocycles. The van der Waals surface area contributed by atoms with E-state index >= 15 is 0 Å². The summed E-state index contributed by atoms with van der Waals surface area (Å²) in [4.78, 5) is 78.2. The van der Waals surface area contributed by atoms with Crippen LogP contribution in [0.25, 0.3) is 0 Å². The van der Waals surface area contributed by atoms with E-state index in [1.807, 2.05) is 25.2 Å². The average molecular weight is 1100 g/mol. The van der Waals surface area contributed by atoms with E-state index in [0.29, 0.717) is 57.8 Å². The van der Waals surface area contributed by atoms with Crippen LogP contribution in [0.15, 0.2) is 77.8 Å². The van der Waals surface area contributed by atoms with Crippen LogP contribution in [0.1, 0.15) is 155 Å². The standard InChI is InChI=1S/C52H83N3O18P2/c1-3-5-7-8-9-10-11-12-13-14-15-16-17-18-19-20-26-30-48(60)71-40-36-68-47(59)29-25-22-21-24-28-42-44(58)35-43(57)41(32-31-39(56)27-23-6-4-2)49(61)50(62)45(38-70-75(66,67)73-74(64,65)69-37-40)72-51(42)55-34-33-46(53)54-52(55)63/h9-10,12-13,15-16,18-19,31-34,39-42,44-45,49-51,56,58,61-62H,3-8,11,14,17,20-30,35-38H2,1-2H3,(H,64,65)(H,66,67)(H2,53,54,63)/b10-9-,13-12-,16-15-,19-18-,32-31+/t39-,40+,41-,42-,44-,45+,49-,50+,51+/m0/s1. The summed E-state index contributed by atoms with van der Waals surface area (Å²) < 4.78 is 59.0. The molecule has 0 aliphatic carbocycles. The van der Waals surface area contributed by atoms with Gasteiger partial charge in [-0.25, -0.2) is 13.9 Å². The summed E-state index contributed by atoms with van der Waals surface area (Å²) in [5.41, 5.74) is 4.77. The van der Waals surface area contributed by atoms with Crippen LogP contribution in [0.2, 0.25) is 0 Å². The summed E-state index contributed by atoms with van der Waals surface area (Å²) in [5.74, 6) is -5.14. The number of phosphoric acid groups is 2. The Kier molecular flexibility index (Phi) is 31.5. The second kappa shape index (κ2) is 36.2. The normalized spacial score (nSPS) is 29.3. The number of aromatic nitrogens is 2. The quantitative estimate of drug-likeness (QED) is 0.0253. The molecule has 0 radical (unpaired) electrons. The predicted octanol–water partition coefficient (Wildman–Crippen LogP) is 7.70. The third-order valence-electron chi connectivity index (χ3n) is 12.5. The first-order valence-corrected chi connectivity index (χ1v) is 29.4. The molecule has 0 saturated carbocycles. The van der Waals surface area contributed by atoms with Crippen LogP contribution in [-0.4, -0.2) is 114 Å². The number of nitrogens with two attached hydrogens (primary N) is 1. The van der Waals surface area contributed by atoms with Crippen molar-refractivity contribution in [2.24, 2.45) is 11.8 Å². The number of rotatable bonds is 22. The van der Waals surface area contributed by atoms with Gasteiger partial charge in [-0.05, 0) is 70.3 Å².